The molecule has 2 aliphatic rings. The lowest BCUT2D eigenvalue weighted by molar-refractivity contribution is -0.438. The van der Waals surface area contributed by atoms with Gasteiger partial charge in [0.15, 0.2) is 5.71 Å². The Morgan fingerprint density at radius 1 is 0.792 bits per heavy atom. The molecule has 0 amide bonds. The number of hydrogen-bond acceptors (Lipinski definition) is 10. The van der Waals surface area contributed by atoms with Crippen LogP contribution in [0.15, 0.2) is 84.6 Å². The van der Waals surface area contributed by atoms with E-state index in [4.69, 9.17) is 9.47 Å². The average molecular weight is 769 g/mol. The molecule has 53 heavy (non-hydrogen) atoms. The SMILES string of the molecule is COC(=O)c1ccc2c(c1)C(C)(C)C(=CC=CC=CC=CC1=[N+](CCCCS(=O)(=O)O)c3ccc(C(=O)OC)cc3C1(C)C)N2CCCCS(=O)(=O)[O-]. The number of nitrogens with zero attached hydrogens (tertiary/aromatic N) is 2. The van der Waals surface area contributed by atoms with Gasteiger partial charge in [-0.3, -0.25) is 4.55 Å². The van der Waals surface area contributed by atoms with Gasteiger partial charge in [-0.25, -0.2) is 18.0 Å². The van der Waals surface area contributed by atoms with Crippen LogP contribution in [0.25, 0.3) is 0 Å². The van der Waals surface area contributed by atoms with Gasteiger partial charge in [-0.05, 0) is 75.1 Å². The summed E-state index contributed by atoms with van der Waals surface area (Å²) in [6.45, 7) is 9.20. The smallest absolute Gasteiger partial charge is 0.337 e. The topological polar surface area (TPSA) is 170 Å². The number of rotatable bonds is 16. The van der Waals surface area contributed by atoms with Gasteiger partial charge in [-0.2, -0.15) is 13.0 Å². The maximum absolute atomic E-state index is 12.3. The van der Waals surface area contributed by atoms with Crippen LogP contribution in [-0.2, 0) is 40.5 Å². The molecule has 0 spiro atoms. The number of hydrogen-bond donors (Lipinski definition) is 1. The van der Waals surface area contributed by atoms with Crippen molar-refractivity contribution in [3.05, 3.63) is 107 Å². The van der Waals surface area contributed by atoms with Gasteiger partial charge in [-0.1, -0.05) is 44.2 Å². The fourth-order valence-electron chi connectivity index (χ4n) is 6.91. The normalized spacial score (nSPS) is 17.4. The van der Waals surface area contributed by atoms with E-state index in [1.165, 1.54) is 14.2 Å². The van der Waals surface area contributed by atoms with Crippen LogP contribution in [0.3, 0.4) is 0 Å². The molecule has 2 aliphatic heterocycles. The first kappa shape index (κ1) is 41.4. The molecular weight excluding hydrogens is 721 g/mol. The van der Waals surface area contributed by atoms with Gasteiger partial charge in [0.1, 0.15) is 6.54 Å². The second-order valence-corrected chi connectivity index (χ2v) is 17.1. The highest BCUT2D eigenvalue weighted by Gasteiger charge is 2.44. The third-order valence-corrected chi connectivity index (χ3v) is 11.2. The van der Waals surface area contributed by atoms with E-state index in [1.54, 1.807) is 12.1 Å². The summed E-state index contributed by atoms with van der Waals surface area (Å²) in [4.78, 5) is 26.7. The second kappa shape index (κ2) is 16.8. The molecule has 0 fully saturated rings. The number of fused-ring (bicyclic) bond motifs is 2. The first-order chi connectivity index (χ1) is 24.8. The van der Waals surface area contributed by atoms with E-state index >= 15 is 0 Å². The number of allylic oxidation sites excluding steroid dienone is 8. The van der Waals surface area contributed by atoms with E-state index in [0.717, 1.165) is 33.9 Å². The van der Waals surface area contributed by atoms with E-state index in [0.29, 0.717) is 37.1 Å². The Hall–Kier alpha value is -4.37. The number of carbonyl (C=O) groups excluding carboxylic acids is 2. The molecule has 2 aromatic rings. The van der Waals surface area contributed by atoms with E-state index in [1.807, 2.05) is 66.8 Å². The first-order valence-corrected chi connectivity index (χ1v) is 20.5. The summed E-state index contributed by atoms with van der Waals surface area (Å²) in [7, 11) is -5.71. The van der Waals surface area contributed by atoms with Gasteiger partial charge in [0.05, 0.1) is 46.6 Å². The molecule has 4 rings (SSSR count). The van der Waals surface area contributed by atoms with Crippen LogP contribution >= 0.6 is 0 Å². The lowest BCUT2D eigenvalue weighted by Crippen LogP contribution is -2.28. The minimum Gasteiger partial charge on any atom is -0.748 e. The van der Waals surface area contributed by atoms with Gasteiger partial charge < -0.3 is 18.9 Å². The van der Waals surface area contributed by atoms with Crippen molar-refractivity contribution in [2.24, 2.45) is 0 Å². The zero-order valence-electron chi connectivity index (χ0n) is 31.0. The molecule has 0 saturated carbocycles. The second-order valence-electron chi connectivity index (χ2n) is 14.0. The van der Waals surface area contributed by atoms with E-state index in [9.17, 15) is 35.5 Å². The van der Waals surface area contributed by atoms with Crippen molar-refractivity contribution in [2.45, 2.75) is 64.2 Å². The van der Waals surface area contributed by atoms with Crippen molar-refractivity contribution in [3.63, 3.8) is 0 Å². The minimum absolute atomic E-state index is 0.228. The molecule has 0 radical (unpaired) electrons. The van der Waals surface area contributed by atoms with Crippen LogP contribution in [0.4, 0.5) is 11.4 Å². The molecule has 2 heterocycles. The molecule has 12 nitrogen and oxygen atoms in total. The van der Waals surface area contributed by atoms with E-state index in [-0.39, 0.29) is 18.6 Å². The van der Waals surface area contributed by atoms with Crippen molar-refractivity contribution in [1.29, 1.82) is 0 Å². The lowest BCUT2D eigenvalue weighted by Gasteiger charge is -2.27. The molecule has 2 aromatic carbocycles. The van der Waals surface area contributed by atoms with Crippen LogP contribution in [-0.4, -0.2) is 87.0 Å². The number of esters is 2. The van der Waals surface area contributed by atoms with Crippen LogP contribution in [0.1, 0.15) is 85.2 Å². The van der Waals surface area contributed by atoms with Crippen molar-refractivity contribution in [3.8, 4) is 0 Å². The average Bonchev–Trinajstić information content (AvgIpc) is 3.43. The summed E-state index contributed by atoms with van der Waals surface area (Å²) < 4.78 is 77.3. The fraction of sp³-hybridized carbons (Fsp3) is 0.410. The highest BCUT2D eigenvalue weighted by atomic mass is 32.2. The number of unbranched alkanes of at least 4 members (excludes halogenated alkanes) is 2. The summed E-state index contributed by atoms with van der Waals surface area (Å²) in [5.41, 5.74) is 5.41. The number of methoxy groups -OCH3 is 2. The van der Waals surface area contributed by atoms with Gasteiger partial charge in [0.25, 0.3) is 10.1 Å². The van der Waals surface area contributed by atoms with Crippen LogP contribution in [0.5, 0.6) is 0 Å². The van der Waals surface area contributed by atoms with E-state index in [2.05, 4.69) is 37.2 Å². The van der Waals surface area contributed by atoms with Crippen LogP contribution < -0.4 is 4.90 Å². The Bertz CT molecular complexity index is 2110. The van der Waals surface area contributed by atoms with Crippen molar-refractivity contribution in [2.75, 3.05) is 43.7 Å². The predicted molar refractivity (Wildman–Crippen MR) is 204 cm³/mol. The van der Waals surface area contributed by atoms with Crippen molar-refractivity contribution >= 4 is 49.3 Å². The maximum atomic E-state index is 12.3. The summed E-state index contributed by atoms with van der Waals surface area (Å²) >= 11 is 0. The molecule has 14 heteroatoms. The van der Waals surface area contributed by atoms with Crippen LogP contribution in [0.2, 0.25) is 0 Å². The third-order valence-electron chi connectivity index (χ3n) is 9.64. The van der Waals surface area contributed by atoms with Gasteiger partial charge >= 0.3 is 11.9 Å². The van der Waals surface area contributed by atoms with E-state index < -0.39 is 48.8 Å². The predicted octanol–water partition coefficient (Wildman–Crippen LogP) is 5.98. The third kappa shape index (κ3) is 9.99. The zero-order chi connectivity index (χ0) is 39.2. The summed E-state index contributed by atoms with van der Waals surface area (Å²) in [6, 6.07) is 10.8. The van der Waals surface area contributed by atoms with Crippen LogP contribution in [0, 0.1) is 0 Å². The Labute approximate surface area is 312 Å². The first-order valence-electron chi connectivity index (χ1n) is 17.3. The van der Waals surface area contributed by atoms with Crippen molar-refractivity contribution in [1.82, 2.24) is 0 Å². The summed E-state index contributed by atoms with van der Waals surface area (Å²) in [6.07, 6.45) is 14.9. The maximum Gasteiger partial charge on any atom is 0.337 e. The Balaban J connectivity index is 1.58. The zero-order valence-corrected chi connectivity index (χ0v) is 32.6. The molecule has 0 atom stereocenters. The fourth-order valence-corrected chi connectivity index (χ4v) is 8.04. The Morgan fingerprint density at radius 3 is 2.00 bits per heavy atom. The monoisotopic (exact) mass is 768 g/mol. The number of benzene rings is 2. The van der Waals surface area contributed by atoms with Gasteiger partial charge in [0, 0.05) is 53.2 Å². The number of anilines is 1. The molecule has 0 bridgehead atoms. The van der Waals surface area contributed by atoms with Gasteiger partial charge in [-0.15, -0.1) is 0 Å². The number of ether oxygens (including phenoxy) is 2. The highest BCUT2D eigenvalue weighted by Crippen LogP contribution is 2.48. The number of carbonyl (C=O) groups is 2. The molecule has 286 valence electrons. The molecule has 1 N–H and O–H groups in total. The summed E-state index contributed by atoms with van der Waals surface area (Å²) in [5.74, 6) is -1.64. The van der Waals surface area contributed by atoms with Crippen molar-refractivity contribution < 1.29 is 49.6 Å². The van der Waals surface area contributed by atoms with Gasteiger partial charge in [0.2, 0.25) is 5.69 Å². The summed E-state index contributed by atoms with van der Waals surface area (Å²) in [5, 5.41) is 0. The quantitative estimate of drug-likeness (QED) is 0.0701. The largest absolute Gasteiger partial charge is 0.748 e. The Morgan fingerprint density at radius 2 is 1.38 bits per heavy atom. The minimum atomic E-state index is -4.31. The Kier molecular flexibility index (Phi) is 13.1. The molecule has 0 aromatic heterocycles. The lowest BCUT2D eigenvalue weighted by atomic mass is 9.81. The highest BCUT2D eigenvalue weighted by molar-refractivity contribution is 7.85. The molecule has 0 unspecified atom stereocenters. The molecule has 0 aliphatic carbocycles. The molecular formula is C39H48N2O10S2. The molecule has 0 saturated heterocycles. The standard InChI is InChI=1S/C39H48N2O10S2/c1-38(2)30-26-28(36(42)50-5)18-20-32(30)40(22-12-14-24-52(44,45)46)34(38)16-10-8-7-9-11-17-35-39(3,4)31-27-29(37(43)51-6)19-21-33(31)41(35)23-13-15-25-53(47,48)49/h7-11,16-21,26-27H,12-15,22-25H2,1-6H3,(H-,44,45,46,47,48,49).